The number of rotatable bonds is 7. The summed E-state index contributed by atoms with van der Waals surface area (Å²) in [4.78, 5) is 21.6. The third kappa shape index (κ3) is 4.79. The monoisotopic (exact) mass is 443 g/mol. The second-order valence-corrected chi connectivity index (χ2v) is 9.83. The summed E-state index contributed by atoms with van der Waals surface area (Å²) < 4.78 is 28.9. The number of hydrogen-bond acceptors (Lipinski definition) is 6. The van der Waals surface area contributed by atoms with Gasteiger partial charge in [0.05, 0.1) is 10.6 Å². The minimum atomic E-state index is -3.95. The Labute approximate surface area is 183 Å². The zero-order valence-corrected chi connectivity index (χ0v) is 18.5. The number of nitrogens with zero attached hydrogens (tertiary/aromatic N) is 3. The standard InChI is InChI=1S/C22H29N5O3S/c1-16-18(19-6-2-3-10-24-19)5-4-7-21(16)31(29,30)25-20(15-23)22(28)27-13-11-26(12-14-27)17-8-9-17/h2-7,10,17,20,25H,8-9,11-15,23H2,1H3/t20-/m0/s1. The molecule has 0 spiro atoms. The molecule has 1 aromatic carbocycles. The smallest absolute Gasteiger partial charge is 0.242 e. The van der Waals surface area contributed by atoms with Gasteiger partial charge in [-0.2, -0.15) is 4.72 Å². The van der Waals surface area contributed by atoms with Crippen LogP contribution in [0.25, 0.3) is 11.3 Å². The fraction of sp³-hybridized carbons (Fsp3) is 0.455. The third-order valence-corrected chi connectivity index (χ3v) is 7.65. The van der Waals surface area contributed by atoms with Crippen molar-refractivity contribution in [2.45, 2.75) is 36.7 Å². The maximum atomic E-state index is 13.2. The summed E-state index contributed by atoms with van der Waals surface area (Å²) in [6, 6.07) is 10.2. The van der Waals surface area contributed by atoms with Crippen molar-refractivity contribution in [2.75, 3.05) is 32.7 Å². The molecule has 9 heteroatoms. The molecular weight excluding hydrogens is 414 g/mol. The van der Waals surface area contributed by atoms with Gasteiger partial charge in [0.25, 0.3) is 0 Å². The number of aromatic nitrogens is 1. The normalized spacial score (nSPS) is 18.7. The highest BCUT2D eigenvalue weighted by Crippen LogP contribution is 2.28. The van der Waals surface area contributed by atoms with Gasteiger partial charge in [0.1, 0.15) is 6.04 Å². The molecular formula is C22H29N5O3S. The van der Waals surface area contributed by atoms with Crippen LogP contribution in [0.15, 0.2) is 47.5 Å². The first kappa shape index (κ1) is 21.9. The number of nitrogens with one attached hydrogen (secondary N) is 1. The number of amides is 1. The molecule has 2 fully saturated rings. The van der Waals surface area contributed by atoms with Crippen LogP contribution in [0, 0.1) is 6.92 Å². The van der Waals surface area contributed by atoms with E-state index in [-0.39, 0.29) is 17.3 Å². The minimum absolute atomic E-state index is 0.0973. The number of piperazine rings is 1. The van der Waals surface area contributed by atoms with E-state index in [9.17, 15) is 13.2 Å². The zero-order valence-electron chi connectivity index (χ0n) is 17.7. The molecule has 1 aliphatic heterocycles. The first-order valence-electron chi connectivity index (χ1n) is 10.7. The van der Waals surface area contributed by atoms with Crippen LogP contribution in [0.4, 0.5) is 0 Å². The average molecular weight is 444 g/mol. The molecule has 1 amide bonds. The zero-order chi connectivity index (χ0) is 22.0. The van der Waals surface area contributed by atoms with E-state index in [1.807, 2.05) is 24.3 Å². The Morgan fingerprint density at radius 3 is 2.52 bits per heavy atom. The van der Waals surface area contributed by atoms with Crippen LogP contribution in [0.1, 0.15) is 18.4 Å². The topological polar surface area (TPSA) is 109 Å². The molecule has 166 valence electrons. The number of carbonyl (C=O) groups is 1. The van der Waals surface area contributed by atoms with Gasteiger partial charge in [-0.25, -0.2) is 8.42 Å². The Hall–Kier alpha value is -2.33. The van der Waals surface area contributed by atoms with Crippen LogP contribution in [0.5, 0.6) is 0 Å². The van der Waals surface area contributed by atoms with E-state index >= 15 is 0 Å². The summed E-state index contributed by atoms with van der Waals surface area (Å²) in [6.07, 6.45) is 4.13. The predicted molar refractivity (Wildman–Crippen MR) is 119 cm³/mol. The number of pyridine rings is 1. The fourth-order valence-corrected chi connectivity index (χ4v) is 5.59. The van der Waals surface area contributed by atoms with Gasteiger partial charge >= 0.3 is 0 Å². The molecule has 0 radical (unpaired) electrons. The summed E-state index contributed by atoms with van der Waals surface area (Å²) in [5, 5.41) is 0. The van der Waals surface area contributed by atoms with Crippen LogP contribution < -0.4 is 10.5 Å². The van der Waals surface area contributed by atoms with Gasteiger partial charge in [0.15, 0.2) is 0 Å². The summed E-state index contributed by atoms with van der Waals surface area (Å²) in [7, 11) is -3.95. The molecule has 31 heavy (non-hydrogen) atoms. The van der Waals surface area contributed by atoms with E-state index in [2.05, 4.69) is 14.6 Å². The second kappa shape index (κ2) is 9.04. The highest BCUT2D eigenvalue weighted by Gasteiger charge is 2.35. The molecule has 4 rings (SSSR count). The van der Waals surface area contributed by atoms with Gasteiger partial charge in [0, 0.05) is 50.5 Å². The van der Waals surface area contributed by atoms with Crippen molar-refractivity contribution in [2.24, 2.45) is 5.73 Å². The van der Waals surface area contributed by atoms with E-state index in [1.165, 1.54) is 18.9 Å². The van der Waals surface area contributed by atoms with Gasteiger partial charge in [0.2, 0.25) is 15.9 Å². The van der Waals surface area contributed by atoms with E-state index in [4.69, 9.17) is 5.73 Å². The van der Waals surface area contributed by atoms with Crippen LogP contribution in [-0.4, -0.2) is 73.9 Å². The van der Waals surface area contributed by atoms with Gasteiger partial charge < -0.3 is 10.6 Å². The number of benzene rings is 1. The Morgan fingerprint density at radius 1 is 1.16 bits per heavy atom. The molecule has 1 saturated heterocycles. The van der Waals surface area contributed by atoms with E-state index in [0.29, 0.717) is 30.4 Å². The fourth-order valence-electron chi connectivity index (χ4n) is 4.12. The summed E-state index contributed by atoms with van der Waals surface area (Å²) in [5.41, 5.74) is 7.82. The van der Waals surface area contributed by atoms with Crippen molar-refractivity contribution in [3.8, 4) is 11.3 Å². The first-order valence-corrected chi connectivity index (χ1v) is 12.2. The Kier molecular flexibility index (Phi) is 6.38. The maximum Gasteiger partial charge on any atom is 0.242 e. The first-order chi connectivity index (χ1) is 14.9. The van der Waals surface area contributed by atoms with Gasteiger partial charge in [-0.3, -0.25) is 14.7 Å². The summed E-state index contributed by atoms with van der Waals surface area (Å²) >= 11 is 0. The molecule has 1 aromatic heterocycles. The SMILES string of the molecule is Cc1c(-c2ccccn2)cccc1S(=O)(=O)N[C@@H](CN)C(=O)N1CCN(C2CC2)CC1. The van der Waals surface area contributed by atoms with Crippen LogP contribution in [-0.2, 0) is 14.8 Å². The van der Waals surface area contributed by atoms with Crippen LogP contribution in [0.2, 0.25) is 0 Å². The van der Waals surface area contributed by atoms with Crippen molar-refractivity contribution < 1.29 is 13.2 Å². The summed E-state index contributed by atoms with van der Waals surface area (Å²) in [5.74, 6) is -0.264. The van der Waals surface area contributed by atoms with Gasteiger partial charge in [-0.1, -0.05) is 18.2 Å². The van der Waals surface area contributed by atoms with Crippen molar-refractivity contribution in [1.82, 2.24) is 19.5 Å². The van der Waals surface area contributed by atoms with Gasteiger partial charge in [-0.05, 0) is 43.5 Å². The van der Waals surface area contributed by atoms with E-state index in [0.717, 1.165) is 18.7 Å². The number of hydrogen-bond donors (Lipinski definition) is 2. The highest BCUT2D eigenvalue weighted by molar-refractivity contribution is 7.89. The quantitative estimate of drug-likeness (QED) is 0.660. The molecule has 2 heterocycles. The Morgan fingerprint density at radius 2 is 1.90 bits per heavy atom. The van der Waals surface area contributed by atoms with E-state index < -0.39 is 16.1 Å². The number of sulfonamides is 1. The lowest BCUT2D eigenvalue weighted by molar-refractivity contribution is -0.134. The molecule has 8 nitrogen and oxygen atoms in total. The van der Waals surface area contributed by atoms with Gasteiger partial charge in [-0.15, -0.1) is 0 Å². The van der Waals surface area contributed by atoms with Crippen molar-refractivity contribution in [3.63, 3.8) is 0 Å². The molecule has 0 unspecified atom stereocenters. The Bertz CT molecular complexity index is 1030. The van der Waals surface area contributed by atoms with E-state index in [1.54, 1.807) is 24.1 Å². The molecule has 2 aliphatic rings. The molecule has 1 saturated carbocycles. The van der Waals surface area contributed by atoms with Crippen molar-refractivity contribution >= 4 is 15.9 Å². The number of nitrogens with two attached hydrogens (primary N) is 1. The maximum absolute atomic E-state index is 13.2. The number of carbonyl (C=O) groups excluding carboxylic acids is 1. The van der Waals surface area contributed by atoms with Crippen LogP contribution >= 0.6 is 0 Å². The Balaban J connectivity index is 1.50. The molecule has 1 atom stereocenters. The molecule has 3 N–H and O–H groups in total. The second-order valence-electron chi connectivity index (χ2n) is 8.15. The predicted octanol–water partition coefficient (Wildman–Crippen LogP) is 0.969. The van der Waals surface area contributed by atoms with Crippen molar-refractivity contribution in [3.05, 3.63) is 48.2 Å². The van der Waals surface area contributed by atoms with Crippen molar-refractivity contribution in [1.29, 1.82) is 0 Å². The lowest BCUT2D eigenvalue weighted by Gasteiger charge is -2.36. The third-order valence-electron chi connectivity index (χ3n) is 6.03. The minimum Gasteiger partial charge on any atom is -0.339 e. The molecule has 1 aliphatic carbocycles. The molecule has 0 bridgehead atoms. The van der Waals surface area contributed by atoms with Crippen LogP contribution in [0.3, 0.4) is 0 Å². The lowest BCUT2D eigenvalue weighted by atomic mass is 10.1. The highest BCUT2D eigenvalue weighted by atomic mass is 32.2. The average Bonchev–Trinajstić information content (AvgIpc) is 3.63. The lowest BCUT2D eigenvalue weighted by Crippen LogP contribution is -2.57. The largest absolute Gasteiger partial charge is 0.339 e. The molecule has 2 aromatic rings. The summed E-state index contributed by atoms with van der Waals surface area (Å²) in [6.45, 7) is 4.50.